The summed E-state index contributed by atoms with van der Waals surface area (Å²) in [6.45, 7) is 2.56. The number of halogens is 1. The first kappa shape index (κ1) is 22.1. The fourth-order valence-electron chi connectivity index (χ4n) is 3.33. The van der Waals surface area contributed by atoms with E-state index in [1.807, 2.05) is 66.1 Å². The normalized spacial score (nSPS) is 11.0. The highest BCUT2D eigenvalue weighted by molar-refractivity contribution is 7.98. The maximum Gasteiger partial charge on any atom is 0.259 e. The van der Waals surface area contributed by atoms with Crippen molar-refractivity contribution in [1.29, 1.82) is 0 Å². The Morgan fingerprint density at radius 1 is 1.00 bits per heavy atom. The molecule has 2 aromatic carbocycles. The maximum atomic E-state index is 6.25. The van der Waals surface area contributed by atoms with Gasteiger partial charge in [-0.3, -0.25) is 9.55 Å². The molecule has 170 valence electrons. The second-order valence-corrected chi connectivity index (χ2v) is 8.44. The van der Waals surface area contributed by atoms with Gasteiger partial charge in [-0.1, -0.05) is 40.7 Å². The summed E-state index contributed by atoms with van der Waals surface area (Å²) in [5.41, 5.74) is 2.52. The summed E-state index contributed by atoms with van der Waals surface area (Å²) in [5.74, 6) is 2.87. The summed E-state index contributed by atoms with van der Waals surface area (Å²) < 4.78 is 13.0. The van der Waals surface area contributed by atoms with Gasteiger partial charge in [0.15, 0.2) is 16.8 Å². The Bertz CT molecular complexity index is 1390. The molecule has 0 radical (unpaired) electrons. The van der Waals surface area contributed by atoms with Crippen LogP contribution in [0.2, 0.25) is 5.02 Å². The van der Waals surface area contributed by atoms with Crippen molar-refractivity contribution < 1.29 is 9.26 Å². The van der Waals surface area contributed by atoms with Crippen LogP contribution in [0.3, 0.4) is 0 Å². The van der Waals surface area contributed by atoms with E-state index in [-0.39, 0.29) is 0 Å². The van der Waals surface area contributed by atoms with Gasteiger partial charge in [-0.2, -0.15) is 4.98 Å². The van der Waals surface area contributed by atoms with Gasteiger partial charge in [0.2, 0.25) is 0 Å². The number of ether oxygens (including phenoxy) is 1. The standard InChI is InChI=1S/C24H19ClN6O2S/c1-2-32-18-9-7-17(8-10-18)31-22(16-11-13-26-14-12-16)28-29-24(31)34-15-21-27-23(33-30-21)19-5-3-4-6-20(19)25/h3-14H,2,15H2,1H3. The number of benzene rings is 2. The average molecular weight is 491 g/mol. The molecule has 0 N–H and O–H groups in total. The zero-order valence-corrected chi connectivity index (χ0v) is 19.7. The van der Waals surface area contributed by atoms with Gasteiger partial charge in [0, 0.05) is 23.6 Å². The van der Waals surface area contributed by atoms with Crippen molar-refractivity contribution >= 4 is 23.4 Å². The molecule has 10 heteroatoms. The van der Waals surface area contributed by atoms with E-state index in [1.54, 1.807) is 18.5 Å². The Morgan fingerprint density at radius 3 is 2.56 bits per heavy atom. The number of nitrogens with zero attached hydrogens (tertiary/aromatic N) is 6. The Morgan fingerprint density at radius 2 is 1.79 bits per heavy atom. The maximum absolute atomic E-state index is 6.25. The lowest BCUT2D eigenvalue weighted by atomic mass is 10.2. The van der Waals surface area contributed by atoms with E-state index in [0.717, 1.165) is 17.0 Å². The second-order valence-electron chi connectivity index (χ2n) is 7.09. The van der Waals surface area contributed by atoms with Crippen molar-refractivity contribution in [2.24, 2.45) is 0 Å². The smallest absolute Gasteiger partial charge is 0.259 e. The third-order valence-corrected chi connectivity index (χ3v) is 6.14. The van der Waals surface area contributed by atoms with Crippen LogP contribution >= 0.6 is 23.4 Å². The summed E-state index contributed by atoms with van der Waals surface area (Å²) in [6.07, 6.45) is 3.46. The van der Waals surface area contributed by atoms with E-state index in [9.17, 15) is 0 Å². The van der Waals surface area contributed by atoms with Gasteiger partial charge < -0.3 is 9.26 Å². The van der Waals surface area contributed by atoms with Crippen LogP contribution < -0.4 is 4.74 Å². The molecule has 0 aliphatic carbocycles. The van der Waals surface area contributed by atoms with Gasteiger partial charge in [0.05, 0.1) is 22.9 Å². The van der Waals surface area contributed by atoms with E-state index in [2.05, 4.69) is 25.3 Å². The fourth-order valence-corrected chi connectivity index (χ4v) is 4.34. The Balaban J connectivity index is 1.44. The third-order valence-electron chi connectivity index (χ3n) is 4.88. The highest BCUT2D eigenvalue weighted by Crippen LogP contribution is 2.31. The molecular formula is C24H19ClN6O2S. The van der Waals surface area contributed by atoms with Crippen LogP contribution in [0.5, 0.6) is 5.75 Å². The van der Waals surface area contributed by atoms with Gasteiger partial charge in [-0.05, 0) is 55.5 Å². The van der Waals surface area contributed by atoms with Crippen molar-refractivity contribution in [3.8, 4) is 34.3 Å². The van der Waals surface area contributed by atoms with Crippen molar-refractivity contribution in [3.63, 3.8) is 0 Å². The first-order valence-corrected chi connectivity index (χ1v) is 11.9. The zero-order valence-electron chi connectivity index (χ0n) is 18.1. The van der Waals surface area contributed by atoms with E-state index >= 15 is 0 Å². The molecule has 0 spiro atoms. The van der Waals surface area contributed by atoms with Crippen LogP contribution in [0.4, 0.5) is 0 Å². The van der Waals surface area contributed by atoms with Crippen molar-refractivity contribution in [2.45, 2.75) is 17.8 Å². The molecule has 0 atom stereocenters. The van der Waals surface area contributed by atoms with E-state index in [4.69, 9.17) is 20.9 Å². The second kappa shape index (κ2) is 10.1. The van der Waals surface area contributed by atoms with Crippen LogP contribution in [0.1, 0.15) is 12.7 Å². The molecular weight excluding hydrogens is 472 g/mol. The molecule has 3 aromatic heterocycles. The summed E-state index contributed by atoms with van der Waals surface area (Å²) in [7, 11) is 0. The largest absolute Gasteiger partial charge is 0.494 e. The van der Waals surface area contributed by atoms with Crippen LogP contribution in [0, 0.1) is 0 Å². The topological polar surface area (TPSA) is 91.8 Å². The van der Waals surface area contributed by atoms with Crippen LogP contribution in [0.25, 0.3) is 28.5 Å². The molecule has 0 unspecified atom stereocenters. The quantitative estimate of drug-likeness (QED) is 0.255. The lowest BCUT2D eigenvalue weighted by Crippen LogP contribution is -2.00. The monoisotopic (exact) mass is 490 g/mol. The number of thioether (sulfide) groups is 1. The van der Waals surface area contributed by atoms with E-state index < -0.39 is 0 Å². The molecule has 8 nitrogen and oxygen atoms in total. The number of hydrogen-bond donors (Lipinski definition) is 0. The summed E-state index contributed by atoms with van der Waals surface area (Å²) in [5, 5.41) is 14.2. The fraction of sp³-hybridized carbons (Fsp3) is 0.125. The molecule has 0 amide bonds. The van der Waals surface area contributed by atoms with Crippen molar-refractivity contribution in [3.05, 3.63) is 83.9 Å². The van der Waals surface area contributed by atoms with E-state index in [1.165, 1.54) is 11.8 Å². The zero-order chi connectivity index (χ0) is 23.3. The predicted molar refractivity (Wildman–Crippen MR) is 130 cm³/mol. The first-order valence-electron chi connectivity index (χ1n) is 10.5. The van der Waals surface area contributed by atoms with Gasteiger partial charge in [0.25, 0.3) is 5.89 Å². The lowest BCUT2D eigenvalue weighted by molar-refractivity contribution is 0.340. The SMILES string of the molecule is CCOc1ccc(-n2c(SCc3noc(-c4ccccc4Cl)n3)nnc2-c2ccncc2)cc1. The molecule has 0 saturated heterocycles. The van der Waals surface area contributed by atoms with Crippen molar-refractivity contribution in [1.82, 2.24) is 29.9 Å². The van der Waals surface area contributed by atoms with Gasteiger partial charge in [-0.25, -0.2) is 0 Å². The minimum absolute atomic E-state index is 0.381. The predicted octanol–water partition coefficient (Wildman–Crippen LogP) is 5.72. The molecule has 34 heavy (non-hydrogen) atoms. The van der Waals surface area contributed by atoms with Gasteiger partial charge >= 0.3 is 0 Å². The van der Waals surface area contributed by atoms with Crippen molar-refractivity contribution in [2.75, 3.05) is 6.61 Å². The Labute approximate surface area is 205 Å². The van der Waals surface area contributed by atoms with Crippen LogP contribution in [-0.4, -0.2) is 36.5 Å². The third kappa shape index (κ3) is 4.66. The number of hydrogen-bond acceptors (Lipinski definition) is 8. The molecule has 5 rings (SSSR count). The minimum Gasteiger partial charge on any atom is -0.494 e. The van der Waals surface area contributed by atoms with E-state index in [0.29, 0.717) is 45.6 Å². The molecule has 0 bridgehead atoms. The lowest BCUT2D eigenvalue weighted by Gasteiger charge is -2.11. The number of aromatic nitrogens is 6. The highest BCUT2D eigenvalue weighted by atomic mass is 35.5. The summed E-state index contributed by atoms with van der Waals surface area (Å²) >= 11 is 7.72. The molecule has 0 aliphatic heterocycles. The molecule has 3 heterocycles. The summed E-state index contributed by atoms with van der Waals surface area (Å²) in [6, 6.07) is 19.0. The number of pyridine rings is 1. The molecule has 0 aliphatic rings. The Hall–Kier alpha value is -3.69. The summed E-state index contributed by atoms with van der Waals surface area (Å²) in [4.78, 5) is 8.60. The van der Waals surface area contributed by atoms with Crippen LogP contribution in [-0.2, 0) is 5.75 Å². The van der Waals surface area contributed by atoms with Gasteiger partial charge in [-0.15, -0.1) is 10.2 Å². The van der Waals surface area contributed by atoms with Gasteiger partial charge in [0.1, 0.15) is 5.75 Å². The number of rotatable bonds is 8. The highest BCUT2D eigenvalue weighted by Gasteiger charge is 2.18. The average Bonchev–Trinajstić information content (AvgIpc) is 3.52. The minimum atomic E-state index is 0.381. The molecule has 0 saturated carbocycles. The molecule has 5 aromatic rings. The van der Waals surface area contributed by atoms with Crippen LogP contribution in [0.15, 0.2) is 82.7 Å². The molecule has 0 fully saturated rings. The first-order chi connectivity index (χ1) is 16.7. The Kier molecular flexibility index (Phi) is 6.55.